The Bertz CT molecular complexity index is 435. The maximum atomic E-state index is 12.9. The molecule has 4 aliphatic rings. The molecule has 2 amide bonds. The van der Waals surface area contributed by atoms with Crippen LogP contribution in [0.25, 0.3) is 0 Å². The van der Waals surface area contributed by atoms with Crippen LogP contribution in [-0.2, 0) is 0 Å². The number of carbonyl (C=O) groups is 1. The molecule has 0 aromatic carbocycles. The summed E-state index contributed by atoms with van der Waals surface area (Å²) < 4.78 is 25.7. The number of unbranched alkanes of at least 4 members (excludes halogenated alkanes) is 3. The fraction of sp³-hybridized carbons (Fsp3) is 0.947. The lowest BCUT2D eigenvalue weighted by Crippen LogP contribution is -2.61. The number of urea groups is 1. The molecule has 4 fully saturated rings. The predicted octanol–water partition coefficient (Wildman–Crippen LogP) is 3.83. The van der Waals surface area contributed by atoms with Crippen molar-refractivity contribution in [2.45, 2.75) is 82.1 Å². The molecule has 6 heteroatoms. The fourth-order valence-corrected chi connectivity index (χ4v) is 5.69. The summed E-state index contributed by atoms with van der Waals surface area (Å²) in [4.78, 5) is 12.2. The van der Waals surface area contributed by atoms with Crippen molar-refractivity contribution in [2.75, 3.05) is 13.2 Å². The highest BCUT2D eigenvalue weighted by Crippen LogP contribution is 2.55. The van der Waals surface area contributed by atoms with Crippen LogP contribution < -0.4 is 10.6 Å². The lowest BCUT2D eigenvalue weighted by atomic mass is 9.53. The number of halogens is 2. The Morgan fingerprint density at radius 2 is 1.56 bits per heavy atom. The van der Waals surface area contributed by atoms with Gasteiger partial charge in [0.2, 0.25) is 0 Å². The minimum Gasteiger partial charge on any atom is -0.390 e. The number of alkyl halides is 2. The Balaban J connectivity index is 1.28. The van der Waals surface area contributed by atoms with E-state index in [0.717, 1.165) is 49.9 Å². The number of amides is 2. The maximum Gasteiger partial charge on any atom is 0.315 e. The summed E-state index contributed by atoms with van der Waals surface area (Å²) in [5.41, 5.74) is 0.0364. The summed E-state index contributed by atoms with van der Waals surface area (Å²) in [6.07, 6.45) is 9.98. The van der Waals surface area contributed by atoms with Crippen molar-refractivity contribution in [1.29, 1.82) is 0 Å². The van der Waals surface area contributed by atoms with Crippen molar-refractivity contribution in [1.82, 2.24) is 10.6 Å². The number of hydrogen-bond donors (Lipinski definition) is 3. The summed E-state index contributed by atoms with van der Waals surface area (Å²) in [5, 5.41) is 14.7. The highest BCUT2D eigenvalue weighted by atomic mass is 19.3. The zero-order valence-corrected chi connectivity index (χ0v) is 15.0. The highest BCUT2D eigenvalue weighted by Gasteiger charge is 2.51. The molecule has 0 radical (unpaired) electrons. The van der Waals surface area contributed by atoms with E-state index in [2.05, 4.69) is 10.6 Å². The largest absolute Gasteiger partial charge is 0.390 e. The van der Waals surface area contributed by atoms with E-state index in [1.807, 2.05) is 0 Å². The SMILES string of the molecule is O=C(NCCCCCCC(F)(F)CO)NC12CC3CC(CC(C3)C1)C2. The van der Waals surface area contributed by atoms with Gasteiger partial charge in [0.25, 0.3) is 5.92 Å². The van der Waals surface area contributed by atoms with Gasteiger partial charge in [0.1, 0.15) is 6.61 Å². The Hall–Kier alpha value is -0.910. The lowest BCUT2D eigenvalue weighted by Gasteiger charge is -2.56. The first kappa shape index (κ1) is 18.9. The van der Waals surface area contributed by atoms with Crippen molar-refractivity contribution >= 4 is 6.03 Å². The normalized spacial score (nSPS) is 33.5. The van der Waals surface area contributed by atoms with Gasteiger partial charge in [0.05, 0.1) is 0 Å². The number of aliphatic hydroxyl groups is 1. The molecule has 25 heavy (non-hydrogen) atoms. The van der Waals surface area contributed by atoms with Gasteiger partial charge >= 0.3 is 6.03 Å². The van der Waals surface area contributed by atoms with Gasteiger partial charge in [-0.25, -0.2) is 13.6 Å². The topological polar surface area (TPSA) is 61.4 Å². The molecule has 4 saturated carbocycles. The third kappa shape index (κ3) is 5.05. The van der Waals surface area contributed by atoms with Crippen LogP contribution in [0.3, 0.4) is 0 Å². The Kier molecular flexibility index (Phi) is 5.86. The van der Waals surface area contributed by atoms with Gasteiger partial charge in [0.15, 0.2) is 0 Å². The van der Waals surface area contributed by atoms with E-state index in [-0.39, 0.29) is 18.0 Å². The monoisotopic (exact) mass is 358 g/mol. The van der Waals surface area contributed by atoms with Crippen LogP contribution in [0.2, 0.25) is 0 Å². The molecule has 0 aromatic heterocycles. The molecule has 144 valence electrons. The second-order valence-corrected chi connectivity index (χ2v) is 8.76. The summed E-state index contributed by atoms with van der Waals surface area (Å²) >= 11 is 0. The second-order valence-electron chi connectivity index (χ2n) is 8.76. The lowest BCUT2D eigenvalue weighted by molar-refractivity contribution is -0.0578. The van der Waals surface area contributed by atoms with E-state index in [1.165, 1.54) is 19.3 Å². The first-order valence-corrected chi connectivity index (χ1v) is 9.94. The van der Waals surface area contributed by atoms with E-state index in [1.54, 1.807) is 0 Å². The molecule has 4 rings (SSSR count). The molecule has 4 bridgehead atoms. The van der Waals surface area contributed by atoms with Gasteiger partial charge in [0, 0.05) is 18.5 Å². The van der Waals surface area contributed by atoms with E-state index in [4.69, 9.17) is 5.11 Å². The van der Waals surface area contributed by atoms with Crippen LogP contribution in [-0.4, -0.2) is 35.8 Å². The highest BCUT2D eigenvalue weighted by molar-refractivity contribution is 5.74. The van der Waals surface area contributed by atoms with Crippen LogP contribution in [0.5, 0.6) is 0 Å². The number of hydrogen-bond acceptors (Lipinski definition) is 2. The molecular formula is C19H32F2N2O2. The molecule has 4 aliphatic carbocycles. The average molecular weight is 358 g/mol. The van der Waals surface area contributed by atoms with Gasteiger partial charge in [-0.05, 0) is 69.1 Å². The van der Waals surface area contributed by atoms with E-state index in [0.29, 0.717) is 19.4 Å². The molecule has 0 saturated heterocycles. The zero-order chi connectivity index (χ0) is 17.9. The average Bonchev–Trinajstić information content (AvgIpc) is 2.52. The first-order valence-electron chi connectivity index (χ1n) is 9.94. The fourth-order valence-electron chi connectivity index (χ4n) is 5.69. The summed E-state index contributed by atoms with van der Waals surface area (Å²) in [6, 6.07) is -0.0613. The molecule has 0 spiro atoms. The van der Waals surface area contributed by atoms with Crippen molar-refractivity contribution in [3.8, 4) is 0 Å². The van der Waals surface area contributed by atoms with Crippen molar-refractivity contribution < 1.29 is 18.7 Å². The van der Waals surface area contributed by atoms with Gasteiger partial charge in [-0.1, -0.05) is 12.8 Å². The van der Waals surface area contributed by atoms with Crippen LogP contribution in [0.15, 0.2) is 0 Å². The quantitative estimate of drug-likeness (QED) is 0.549. The Labute approximate surface area is 149 Å². The molecule has 0 aliphatic heterocycles. The zero-order valence-electron chi connectivity index (χ0n) is 15.0. The predicted molar refractivity (Wildman–Crippen MR) is 92.6 cm³/mol. The van der Waals surface area contributed by atoms with Gasteiger partial charge < -0.3 is 15.7 Å². The Morgan fingerprint density at radius 1 is 1.00 bits per heavy atom. The van der Waals surface area contributed by atoms with Gasteiger partial charge in [-0.15, -0.1) is 0 Å². The molecule has 0 heterocycles. The maximum absolute atomic E-state index is 12.9. The number of nitrogens with one attached hydrogen (secondary N) is 2. The van der Waals surface area contributed by atoms with E-state index < -0.39 is 12.5 Å². The number of aliphatic hydroxyl groups excluding tert-OH is 1. The smallest absolute Gasteiger partial charge is 0.315 e. The van der Waals surface area contributed by atoms with E-state index in [9.17, 15) is 13.6 Å². The molecule has 3 N–H and O–H groups in total. The second kappa shape index (κ2) is 7.77. The number of rotatable bonds is 9. The first-order chi connectivity index (χ1) is 11.9. The summed E-state index contributed by atoms with van der Waals surface area (Å²) in [5.74, 6) is -0.522. The summed E-state index contributed by atoms with van der Waals surface area (Å²) in [6.45, 7) is -0.479. The van der Waals surface area contributed by atoms with Crippen molar-refractivity contribution in [3.63, 3.8) is 0 Å². The third-order valence-corrected chi connectivity index (χ3v) is 6.40. The van der Waals surface area contributed by atoms with Gasteiger partial charge in [-0.3, -0.25) is 0 Å². The Morgan fingerprint density at radius 3 is 2.12 bits per heavy atom. The van der Waals surface area contributed by atoms with Crippen LogP contribution in [0, 0.1) is 17.8 Å². The van der Waals surface area contributed by atoms with Crippen molar-refractivity contribution in [3.05, 3.63) is 0 Å². The molecule has 0 unspecified atom stereocenters. The van der Waals surface area contributed by atoms with Crippen LogP contribution in [0.4, 0.5) is 13.6 Å². The van der Waals surface area contributed by atoms with Crippen LogP contribution >= 0.6 is 0 Å². The van der Waals surface area contributed by atoms with Crippen molar-refractivity contribution in [2.24, 2.45) is 17.8 Å². The molecular weight excluding hydrogens is 326 g/mol. The molecule has 4 nitrogen and oxygen atoms in total. The van der Waals surface area contributed by atoms with Crippen LogP contribution in [0.1, 0.15) is 70.6 Å². The third-order valence-electron chi connectivity index (χ3n) is 6.40. The molecule has 0 atom stereocenters. The minimum absolute atomic E-state index is 0.0364. The molecule has 0 aromatic rings. The number of carbonyl (C=O) groups excluding carboxylic acids is 1. The summed E-state index contributed by atoms with van der Waals surface area (Å²) in [7, 11) is 0. The standard InChI is InChI=1S/C19H32F2N2O2/c20-19(21,13-24)5-3-1-2-4-6-22-17(25)23-18-10-14-7-15(11-18)9-16(8-14)12-18/h14-16,24H,1-13H2,(H2,22,23,25). The minimum atomic E-state index is -2.95. The van der Waals surface area contributed by atoms with E-state index >= 15 is 0 Å². The van der Waals surface area contributed by atoms with Gasteiger partial charge in [-0.2, -0.15) is 0 Å².